The second-order valence-corrected chi connectivity index (χ2v) is 5.81. The SMILES string of the molecule is CC(C)C[C@H](N)C(=O)O.NCC(=O)O.N[C@@H](Cc1ccccc1)C(=O)O. The maximum atomic E-state index is 10.4. The molecule has 0 amide bonds. The second-order valence-electron chi connectivity index (χ2n) is 5.81. The Morgan fingerprint density at radius 1 is 0.923 bits per heavy atom. The summed E-state index contributed by atoms with van der Waals surface area (Å²) in [6.07, 6.45) is 0.936. The molecule has 9 nitrogen and oxygen atoms in total. The van der Waals surface area contributed by atoms with Crippen LogP contribution in [-0.2, 0) is 20.8 Å². The van der Waals surface area contributed by atoms with Crippen LogP contribution in [0.4, 0.5) is 0 Å². The fourth-order valence-electron chi connectivity index (χ4n) is 1.56. The van der Waals surface area contributed by atoms with E-state index in [-0.39, 0.29) is 6.54 Å². The number of hydrogen-bond acceptors (Lipinski definition) is 6. The van der Waals surface area contributed by atoms with Gasteiger partial charge in [-0.15, -0.1) is 0 Å². The molecule has 0 unspecified atom stereocenters. The Labute approximate surface area is 152 Å². The van der Waals surface area contributed by atoms with Crippen molar-refractivity contribution in [1.29, 1.82) is 0 Å². The highest BCUT2D eigenvalue weighted by molar-refractivity contribution is 5.73. The molecule has 0 fully saturated rings. The molecule has 0 bridgehead atoms. The van der Waals surface area contributed by atoms with Crippen LogP contribution in [0.1, 0.15) is 25.8 Å². The highest BCUT2D eigenvalue weighted by atomic mass is 16.4. The maximum absolute atomic E-state index is 10.4. The van der Waals surface area contributed by atoms with Crippen LogP contribution in [0.15, 0.2) is 30.3 Å². The number of hydrogen-bond donors (Lipinski definition) is 6. The van der Waals surface area contributed by atoms with Crippen LogP contribution in [0.25, 0.3) is 0 Å². The summed E-state index contributed by atoms with van der Waals surface area (Å²) in [5, 5.41) is 24.4. The Bertz CT molecular complexity index is 537. The van der Waals surface area contributed by atoms with E-state index in [4.69, 9.17) is 26.8 Å². The highest BCUT2D eigenvalue weighted by Gasteiger charge is 2.12. The molecule has 0 saturated carbocycles. The van der Waals surface area contributed by atoms with E-state index in [1.165, 1.54) is 0 Å². The van der Waals surface area contributed by atoms with Crippen LogP contribution in [0.5, 0.6) is 0 Å². The lowest BCUT2D eigenvalue weighted by molar-refractivity contribution is -0.139. The van der Waals surface area contributed by atoms with E-state index >= 15 is 0 Å². The third kappa shape index (κ3) is 16.4. The van der Waals surface area contributed by atoms with Gasteiger partial charge in [0.1, 0.15) is 12.1 Å². The van der Waals surface area contributed by atoms with E-state index < -0.39 is 30.0 Å². The number of rotatable bonds is 7. The minimum Gasteiger partial charge on any atom is -0.480 e. The molecule has 0 aliphatic heterocycles. The van der Waals surface area contributed by atoms with E-state index in [0.29, 0.717) is 18.8 Å². The molecule has 0 aliphatic rings. The first kappa shape index (κ1) is 25.7. The summed E-state index contributed by atoms with van der Waals surface area (Å²) >= 11 is 0. The van der Waals surface area contributed by atoms with Crippen LogP contribution in [0.2, 0.25) is 0 Å². The zero-order valence-corrected chi connectivity index (χ0v) is 15.0. The quantitative estimate of drug-likeness (QED) is 0.386. The van der Waals surface area contributed by atoms with Gasteiger partial charge in [-0.25, -0.2) is 0 Å². The van der Waals surface area contributed by atoms with Crippen LogP contribution in [0.3, 0.4) is 0 Å². The summed E-state index contributed by atoms with van der Waals surface area (Å²) < 4.78 is 0. The Morgan fingerprint density at radius 3 is 1.62 bits per heavy atom. The summed E-state index contributed by atoms with van der Waals surface area (Å²) in [7, 11) is 0. The number of aliphatic carboxylic acids is 3. The first-order valence-corrected chi connectivity index (χ1v) is 7.93. The predicted molar refractivity (Wildman–Crippen MR) is 97.5 cm³/mol. The van der Waals surface area contributed by atoms with E-state index in [1.807, 2.05) is 44.2 Å². The molecule has 0 heterocycles. The van der Waals surface area contributed by atoms with E-state index in [9.17, 15) is 14.4 Å². The predicted octanol–water partition coefficient (Wildman–Crippen LogP) is 0.115. The lowest BCUT2D eigenvalue weighted by Gasteiger charge is -2.07. The van der Waals surface area contributed by atoms with Crippen molar-refractivity contribution < 1.29 is 29.7 Å². The van der Waals surface area contributed by atoms with Crippen molar-refractivity contribution in [3.63, 3.8) is 0 Å². The molecule has 9 N–H and O–H groups in total. The Morgan fingerprint density at radius 2 is 1.35 bits per heavy atom. The molecule has 0 saturated heterocycles. The molecule has 1 aromatic carbocycles. The molecule has 0 spiro atoms. The molecule has 2 atom stereocenters. The average molecular weight is 371 g/mol. The number of benzene rings is 1. The first-order valence-electron chi connectivity index (χ1n) is 7.93. The lowest BCUT2D eigenvalue weighted by Crippen LogP contribution is -2.32. The van der Waals surface area contributed by atoms with E-state index in [2.05, 4.69) is 5.73 Å². The van der Waals surface area contributed by atoms with Crippen molar-refractivity contribution in [3.05, 3.63) is 35.9 Å². The maximum Gasteiger partial charge on any atom is 0.320 e. The molecule has 148 valence electrons. The molecule has 1 rings (SSSR count). The van der Waals surface area contributed by atoms with E-state index in [0.717, 1.165) is 5.56 Å². The molecule has 9 heteroatoms. The standard InChI is InChI=1S/C9H11NO2.C6H13NO2.C2H5NO2/c10-8(9(11)12)6-7-4-2-1-3-5-7;1-4(2)3-5(7)6(8)9;3-1-2(4)5/h1-5,8H,6,10H2,(H,11,12);4-5H,3,7H2,1-2H3,(H,8,9);1,3H2,(H,4,5)/t8-;5-;/m00./s1. The monoisotopic (exact) mass is 371 g/mol. The van der Waals surface area contributed by atoms with Gasteiger partial charge in [0.15, 0.2) is 0 Å². The zero-order valence-electron chi connectivity index (χ0n) is 15.0. The average Bonchev–Trinajstić information content (AvgIpc) is 2.56. The van der Waals surface area contributed by atoms with Crippen molar-refractivity contribution in [2.24, 2.45) is 23.1 Å². The van der Waals surface area contributed by atoms with E-state index in [1.54, 1.807) is 0 Å². The summed E-state index contributed by atoms with van der Waals surface area (Å²) in [5.41, 5.74) is 16.1. The highest BCUT2D eigenvalue weighted by Crippen LogP contribution is 2.02. The number of carbonyl (C=O) groups is 3. The van der Waals surface area contributed by atoms with Gasteiger partial charge in [0, 0.05) is 0 Å². The van der Waals surface area contributed by atoms with Crippen molar-refractivity contribution in [1.82, 2.24) is 0 Å². The molecule has 0 aliphatic carbocycles. The van der Waals surface area contributed by atoms with Crippen molar-refractivity contribution in [3.8, 4) is 0 Å². The zero-order chi connectivity index (χ0) is 20.7. The Hall–Kier alpha value is -2.49. The van der Waals surface area contributed by atoms with Crippen LogP contribution in [0, 0.1) is 5.92 Å². The summed E-state index contributed by atoms with van der Waals surface area (Å²) in [5.74, 6) is -2.48. The number of carboxylic acid groups (broad SMARTS) is 3. The van der Waals surface area contributed by atoms with Crippen LogP contribution < -0.4 is 17.2 Å². The van der Waals surface area contributed by atoms with Crippen molar-refractivity contribution >= 4 is 17.9 Å². The fraction of sp³-hybridized carbons (Fsp3) is 0.471. The fourth-order valence-corrected chi connectivity index (χ4v) is 1.56. The van der Waals surface area contributed by atoms with Gasteiger partial charge in [-0.1, -0.05) is 44.2 Å². The smallest absolute Gasteiger partial charge is 0.320 e. The Kier molecular flexibility index (Phi) is 14.7. The van der Waals surface area contributed by atoms with Crippen LogP contribution in [-0.4, -0.2) is 51.9 Å². The number of carboxylic acids is 3. The first-order chi connectivity index (χ1) is 12.0. The van der Waals surface area contributed by atoms with Gasteiger partial charge < -0.3 is 32.5 Å². The normalized spacial score (nSPS) is 11.9. The van der Waals surface area contributed by atoms with Gasteiger partial charge in [-0.3, -0.25) is 14.4 Å². The molecular weight excluding hydrogens is 342 g/mol. The summed E-state index contributed by atoms with van der Waals surface area (Å²) in [6, 6.07) is 7.85. The van der Waals surface area contributed by atoms with Gasteiger partial charge in [0.2, 0.25) is 0 Å². The topological polar surface area (TPSA) is 190 Å². The van der Waals surface area contributed by atoms with Gasteiger partial charge in [0.05, 0.1) is 6.54 Å². The summed E-state index contributed by atoms with van der Waals surface area (Å²) in [6.45, 7) is 3.62. The van der Waals surface area contributed by atoms with Gasteiger partial charge in [-0.05, 0) is 24.3 Å². The molecular formula is C17H29N3O6. The number of nitrogens with two attached hydrogens (primary N) is 3. The Balaban J connectivity index is 0. The minimum absolute atomic E-state index is 0.278. The lowest BCUT2D eigenvalue weighted by atomic mass is 10.1. The third-order valence-electron chi connectivity index (χ3n) is 2.83. The van der Waals surface area contributed by atoms with Gasteiger partial charge >= 0.3 is 17.9 Å². The van der Waals surface area contributed by atoms with Crippen molar-refractivity contribution in [2.75, 3.05) is 6.54 Å². The second kappa shape index (κ2) is 14.8. The molecule has 26 heavy (non-hydrogen) atoms. The van der Waals surface area contributed by atoms with Gasteiger partial charge in [0.25, 0.3) is 0 Å². The molecule has 1 aromatic rings. The third-order valence-corrected chi connectivity index (χ3v) is 2.83. The van der Waals surface area contributed by atoms with Gasteiger partial charge in [-0.2, -0.15) is 0 Å². The summed E-state index contributed by atoms with van der Waals surface area (Å²) in [4.78, 5) is 29.7. The van der Waals surface area contributed by atoms with Crippen molar-refractivity contribution in [2.45, 2.75) is 38.8 Å². The molecule has 0 aromatic heterocycles. The minimum atomic E-state index is -0.968. The van der Waals surface area contributed by atoms with Crippen LogP contribution >= 0.6 is 0 Å². The molecule has 0 radical (unpaired) electrons. The largest absolute Gasteiger partial charge is 0.480 e.